The Morgan fingerprint density at radius 1 is 1.43 bits per heavy atom. The number of hydrogen-bond donors (Lipinski definition) is 1. The van der Waals surface area contributed by atoms with E-state index in [9.17, 15) is 0 Å². The number of rotatable bonds is 4. The third-order valence-corrected chi connectivity index (χ3v) is 2.59. The summed E-state index contributed by atoms with van der Waals surface area (Å²) in [6.45, 7) is 6.03. The van der Waals surface area contributed by atoms with Crippen LogP contribution in [0, 0.1) is 17.8 Å². The molecule has 1 rings (SSSR count). The highest BCUT2D eigenvalue weighted by Gasteiger charge is 2.16. The van der Waals surface area contributed by atoms with Gasteiger partial charge in [0.15, 0.2) is 0 Å². The molecule has 0 unspecified atom stereocenters. The van der Waals surface area contributed by atoms with E-state index in [1.807, 2.05) is 6.92 Å². The molecule has 0 aromatic carbocycles. The Labute approximate surface area is 86.8 Å². The van der Waals surface area contributed by atoms with Crippen molar-refractivity contribution in [2.24, 2.45) is 5.92 Å². The van der Waals surface area contributed by atoms with Crippen molar-refractivity contribution in [1.29, 1.82) is 0 Å². The van der Waals surface area contributed by atoms with Crippen molar-refractivity contribution in [3.05, 3.63) is 0 Å². The molecule has 1 aliphatic heterocycles. The lowest BCUT2D eigenvalue weighted by Crippen LogP contribution is -2.36. The van der Waals surface area contributed by atoms with Crippen LogP contribution in [-0.2, 0) is 4.84 Å². The molecule has 3 nitrogen and oxygen atoms in total. The fourth-order valence-corrected chi connectivity index (χ4v) is 1.78. The number of hydrogen-bond acceptors (Lipinski definition) is 3. The predicted molar refractivity (Wildman–Crippen MR) is 57.6 cm³/mol. The van der Waals surface area contributed by atoms with Gasteiger partial charge >= 0.3 is 0 Å². The number of likely N-dealkylation sites (tertiary alicyclic amines) is 1. The third-order valence-electron chi connectivity index (χ3n) is 2.59. The molecule has 1 aliphatic rings. The maximum atomic E-state index is 5.09. The zero-order valence-corrected chi connectivity index (χ0v) is 9.18. The van der Waals surface area contributed by atoms with E-state index >= 15 is 0 Å². The number of nitrogens with zero attached hydrogens (tertiary/aromatic N) is 1. The molecule has 3 heteroatoms. The smallest absolute Gasteiger partial charge is 0.0809 e. The second kappa shape index (κ2) is 6.83. The topological polar surface area (TPSA) is 24.5 Å². The van der Waals surface area contributed by atoms with Crippen LogP contribution in [0.25, 0.3) is 0 Å². The van der Waals surface area contributed by atoms with Crippen molar-refractivity contribution in [3.8, 4) is 11.8 Å². The summed E-state index contributed by atoms with van der Waals surface area (Å²) in [5.41, 5.74) is 2.69. The maximum Gasteiger partial charge on any atom is 0.0809 e. The van der Waals surface area contributed by atoms with Gasteiger partial charge in [-0.25, -0.2) is 5.48 Å². The molecular formula is C11H20N2O. The lowest BCUT2D eigenvalue weighted by molar-refractivity contribution is 0.0356. The van der Waals surface area contributed by atoms with Gasteiger partial charge in [-0.05, 0) is 32.9 Å². The van der Waals surface area contributed by atoms with E-state index in [0.29, 0.717) is 5.92 Å². The minimum atomic E-state index is 0.626. The van der Waals surface area contributed by atoms with Gasteiger partial charge < -0.3 is 9.74 Å². The molecule has 0 aromatic heterocycles. The van der Waals surface area contributed by atoms with Gasteiger partial charge in [-0.2, -0.15) is 0 Å². The van der Waals surface area contributed by atoms with Gasteiger partial charge in [0.2, 0.25) is 0 Å². The molecule has 0 aliphatic carbocycles. The largest absolute Gasteiger partial charge is 0.301 e. The highest BCUT2D eigenvalue weighted by molar-refractivity contribution is 5.02. The fraction of sp³-hybridized carbons (Fsp3) is 0.818. The molecule has 0 saturated carbocycles. The zero-order chi connectivity index (χ0) is 10.2. The Morgan fingerprint density at radius 3 is 2.71 bits per heavy atom. The van der Waals surface area contributed by atoms with Crippen molar-refractivity contribution in [2.75, 3.05) is 33.3 Å². The fourth-order valence-electron chi connectivity index (χ4n) is 1.78. The first kappa shape index (κ1) is 11.5. The molecule has 0 radical (unpaired) electrons. The van der Waals surface area contributed by atoms with E-state index in [4.69, 9.17) is 4.84 Å². The van der Waals surface area contributed by atoms with Crippen LogP contribution < -0.4 is 5.48 Å². The van der Waals surface area contributed by atoms with Gasteiger partial charge in [-0.1, -0.05) is 0 Å². The van der Waals surface area contributed by atoms with Gasteiger partial charge in [0.1, 0.15) is 0 Å². The van der Waals surface area contributed by atoms with E-state index in [-0.39, 0.29) is 0 Å². The second-order valence-corrected chi connectivity index (χ2v) is 3.56. The Kier molecular flexibility index (Phi) is 5.62. The van der Waals surface area contributed by atoms with E-state index in [2.05, 4.69) is 22.2 Å². The van der Waals surface area contributed by atoms with Gasteiger partial charge in [-0.15, -0.1) is 11.8 Å². The molecule has 80 valence electrons. The quantitative estimate of drug-likeness (QED) is 0.410. The van der Waals surface area contributed by atoms with E-state index in [1.165, 1.54) is 12.8 Å². The summed E-state index contributed by atoms with van der Waals surface area (Å²) in [6, 6.07) is 0. The summed E-state index contributed by atoms with van der Waals surface area (Å²) in [6.07, 6.45) is 2.42. The van der Waals surface area contributed by atoms with Crippen LogP contribution in [0.2, 0.25) is 0 Å². The Hall–Kier alpha value is -0.560. The summed E-state index contributed by atoms with van der Waals surface area (Å²) in [5, 5.41) is 0. The Bertz CT molecular complexity index is 199. The molecule has 0 aromatic rings. The Morgan fingerprint density at radius 2 is 2.14 bits per heavy atom. The minimum Gasteiger partial charge on any atom is -0.301 e. The van der Waals surface area contributed by atoms with Crippen molar-refractivity contribution < 1.29 is 4.84 Å². The van der Waals surface area contributed by atoms with Crippen LogP contribution >= 0.6 is 0 Å². The monoisotopic (exact) mass is 196 g/mol. The Balaban J connectivity index is 2.11. The highest BCUT2D eigenvalue weighted by atomic mass is 16.6. The molecule has 1 fully saturated rings. The molecule has 1 N–H and O–H groups in total. The first-order valence-corrected chi connectivity index (χ1v) is 5.30. The number of piperidine rings is 1. The normalized spacial score (nSPS) is 19.0. The van der Waals surface area contributed by atoms with Crippen LogP contribution in [0.5, 0.6) is 0 Å². The molecule has 0 bridgehead atoms. The van der Waals surface area contributed by atoms with E-state index < -0.39 is 0 Å². The van der Waals surface area contributed by atoms with Crippen molar-refractivity contribution in [3.63, 3.8) is 0 Å². The summed E-state index contributed by atoms with van der Waals surface area (Å²) in [5.74, 6) is 6.88. The molecule has 14 heavy (non-hydrogen) atoms. The predicted octanol–water partition coefficient (Wildman–Crippen LogP) is 0.873. The minimum absolute atomic E-state index is 0.626. The highest BCUT2D eigenvalue weighted by Crippen LogP contribution is 2.15. The number of hydroxylamine groups is 1. The molecule has 0 amide bonds. The molecule has 0 spiro atoms. The number of nitrogens with one attached hydrogen (secondary N) is 1. The summed E-state index contributed by atoms with van der Waals surface area (Å²) >= 11 is 0. The van der Waals surface area contributed by atoms with Gasteiger partial charge in [-0.3, -0.25) is 0 Å². The van der Waals surface area contributed by atoms with Crippen LogP contribution in [-0.4, -0.2) is 38.2 Å². The first-order valence-electron chi connectivity index (χ1n) is 5.30. The summed E-state index contributed by atoms with van der Waals surface area (Å²) in [7, 11) is 1.79. The van der Waals surface area contributed by atoms with Crippen molar-refractivity contribution >= 4 is 0 Å². The van der Waals surface area contributed by atoms with Crippen LogP contribution in [0.1, 0.15) is 19.8 Å². The average Bonchev–Trinajstić information content (AvgIpc) is 2.21. The molecule has 1 heterocycles. The van der Waals surface area contributed by atoms with Crippen molar-refractivity contribution in [1.82, 2.24) is 10.4 Å². The lowest BCUT2D eigenvalue weighted by atomic mass is 9.98. The maximum absolute atomic E-state index is 5.09. The van der Waals surface area contributed by atoms with E-state index in [0.717, 1.165) is 26.2 Å². The SMILES string of the molecule is CC#CC1CCN(CCONC)CC1. The zero-order valence-electron chi connectivity index (χ0n) is 9.18. The van der Waals surface area contributed by atoms with Crippen molar-refractivity contribution in [2.45, 2.75) is 19.8 Å². The van der Waals surface area contributed by atoms with Gasteiger partial charge in [0, 0.05) is 19.5 Å². The summed E-state index contributed by atoms with van der Waals surface area (Å²) < 4.78 is 0. The lowest BCUT2D eigenvalue weighted by Gasteiger charge is -2.29. The van der Waals surface area contributed by atoms with E-state index in [1.54, 1.807) is 7.05 Å². The van der Waals surface area contributed by atoms with Crippen LogP contribution in [0.3, 0.4) is 0 Å². The third kappa shape index (κ3) is 4.10. The molecular weight excluding hydrogens is 176 g/mol. The average molecular weight is 196 g/mol. The van der Waals surface area contributed by atoms with Crippen LogP contribution in [0.15, 0.2) is 0 Å². The second-order valence-electron chi connectivity index (χ2n) is 3.56. The molecule has 0 atom stereocenters. The summed E-state index contributed by atoms with van der Waals surface area (Å²) in [4.78, 5) is 7.53. The molecule has 1 saturated heterocycles. The standard InChI is InChI=1S/C11H20N2O/c1-3-4-11-5-7-13(8-6-11)9-10-14-12-2/h11-12H,5-10H2,1-2H3. The first-order chi connectivity index (χ1) is 6.86. The van der Waals surface area contributed by atoms with Gasteiger partial charge in [0.05, 0.1) is 6.61 Å². The van der Waals surface area contributed by atoms with Gasteiger partial charge in [0.25, 0.3) is 0 Å². The van der Waals surface area contributed by atoms with Crippen LogP contribution in [0.4, 0.5) is 0 Å².